The topological polar surface area (TPSA) is 282 Å². The Morgan fingerprint density at radius 2 is 0.800 bits per heavy atom. The van der Waals surface area contributed by atoms with Crippen LogP contribution in [-0.2, 0) is 7.48 Å². The summed E-state index contributed by atoms with van der Waals surface area (Å²) in [5.74, 6) is -0.597. The van der Waals surface area contributed by atoms with Gasteiger partial charge in [0.25, 0.3) is 0 Å². The average Bonchev–Trinajstić information content (AvgIpc) is 2.52. The van der Waals surface area contributed by atoms with Gasteiger partial charge in [-0.2, -0.15) is 0 Å². The Morgan fingerprint density at radius 3 is 0.933 bits per heavy atom. The van der Waals surface area contributed by atoms with Crippen LogP contribution >= 0.6 is 0 Å². The average molecular weight is 562 g/mol. The van der Waals surface area contributed by atoms with E-state index >= 15 is 0 Å². The summed E-state index contributed by atoms with van der Waals surface area (Å²) in [7, 11) is 0. The van der Waals surface area contributed by atoms with E-state index in [0.717, 1.165) is 0 Å². The van der Waals surface area contributed by atoms with Gasteiger partial charge in [-0.25, -0.2) is 0 Å². The van der Waals surface area contributed by atoms with E-state index in [2.05, 4.69) is 0 Å². The summed E-state index contributed by atoms with van der Waals surface area (Å²) in [4.78, 5) is 18.9. The van der Waals surface area contributed by atoms with Crippen LogP contribution in [0, 0.1) is 20.2 Å². The number of phenolic OH excluding ortho intramolecular Hbond substituents is 2. The molecule has 0 amide bonds. The van der Waals surface area contributed by atoms with Crippen LogP contribution < -0.4 is 0 Å². The molecule has 0 atom stereocenters. The molecule has 2 aromatic carbocycles. The van der Waals surface area contributed by atoms with E-state index < -0.39 is 38.9 Å². The van der Waals surface area contributed by atoms with Gasteiger partial charge in [-0.1, -0.05) is 24.3 Å². The van der Waals surface area contributed by atoms with Crippen molar-refractivity contribution in [2.75, 3.05) is 0 Å². The molecule has 16 nitrogen and oxygen atoms in total. The van der Waals surface area contributed by atoms with Crippen LogP contribution in [0.2, 0.25) is 0 Å². The first kappa shape index (κ1) is 29.5. The molecular weight excluding hydrogens is 546 g/mol. The van der Waals surface area contributed by atoms with Gasteiger partial charge in [0.2, 0.25) is 0 Å². The van der Waals surface area contributed by atoms with E-state index in [1.807, 2.05) is 0 Å². The number of para-hydroxylation sites is 4. The first-order chi connectivity index (χ1) is 13.4. The van der Waals surface area contributed by atoms with Crippen LogP contribution in [0.3, 0.4) is 0 Å². The molecule has 0 heterocycles. The first-order valence-electron chi connectivity index (χ1n) is 6.84. The Labute approximate surface area is 172 Å². The second-order valence-corrected chi connectivity index (χ2v) is 8.83. The quantitative estimate of drug-likeness (QED) is 0.115. The maximum Gasteiger partial charge on any atom is 0.310 e. The standard InChI is InChI=1S/2C6H5NO3.2AsH3O4/c2*8-6-4-2-1-3-5(6)7(9)10;2*2-1(3,4)5/h2*1-4,8H;2*(H3,2,3,4,5). The van der Waals surface area contributed by atoms with E-state index in [-0.39, 0.29) is 22.9 Å². The van der Waals surface area contributed by atoms with Crippen molar-refractivity contribution in [1.29, 1.82) is 0 Å². The normalized spacial score (nSPS) is 10.1. The molecule has 0 aromatic heterocycles. The SMILES string of the molecule is O=[As](O)(O)O.O=[As](O)(O)O.O=[N+]([O-])c1ccccc1O.O=[N+]([O-])c1ccccc1O. The van der Waals surface area contributed by atoms with Crippen LogP contribution in [0.1, 0.15) is 0 Å². The number of nitro groups is 2. The van der Waals surface area contributed by atoms with E-state index in [1.54, 1.807) is 0 Å². The van der Waals surface area contributed by atoms with Crippen molar-refractivity contribution in [3.05, 3.63) is 68.8 Å². The van der Waals surface area contributed by atoms with Gasteiger partial charge < -0.3 is 10.2 Å². The predicted octanol–water partition coefficient (Wildman–Crippen LogP) is -1.74. The molecule has 0 aliphatic rings. The number of hydrogen-bond acceptors (Lipinski definition) is 8. The van der Waals surface area contributed by atoms with Crippen molar-refractivity contribution in [3.63, 3.8) is 0 Å². The third kappa shape index (κ3) is 20.1. The van der Waals surface area contributed by atoms with Crippen molar-refractivity contribution >= 4 is 40.4 Å². The fraction of sp³-hybridized carbons (Fsp3) is 0. The first-order valence-corrected chi connectivity index (χ1v) is 13.4. The van der Waals surface area contributed by atoms with Gasteiger partial charge in [0.1, 0.15) is 0 Å². The molecule has 2 rings (SSSR count). The smallest absolute Gasteiger partial charge is 0.310 e. The number of nitrogens with zero attached hydrogens (tertiary/aromatic N) is 2. The minimum Gasteiger partial charge on any atom is -0.502 e. The fourth-order valence-electron chi connectivity index (χ4n) is 1.24. The molecule has 0 bridgehead atoms. The molecule has 0 fully saturated rings. The Bertz CT molecular complexity index is 833. The maximum absolute atomic E-state index is 10.1. The Balaban J connectivity index is 0. The summed E-state index contributed by atoms with van der Waals surface area (Å²) in [5, 5.41) is 37.8. The van der Waals surface area contributed by atoms with Crippen LogP contribution in [0.15, 0.2) is 48.5 Å². The maximum atomic E-state index is 10.1. The van der Waals surface area contributed by atoms with Crippen molar-refractivity contribution in [3.8, 4) is 11.5 Å². The fourth-order valence-corrected chi connectivity index (χ4v) is 1.24. The second-order valence-electron chi connectivity index (χ2n) is 4.52. The van der Waals surface area contributed by atoms with Crippen LogP contribution in [-0.4, -0.2) is 73.7 Å². The number of benzene rings is 2. The largest absolute Gasteiger partial charge is 0.502 e. The van der Waals surface area contributed by atoms with E-state index in [9.17, 15) is 20.2 Å². The van der Waals surface area contributed by atoms with Crippen molar-refractivity contribution in [1.82, 2.24) is 0 Å². The molecule has 168 valence electrons. The molecule has 18 heteroatoms. The van der Waals surface area contributed by atoms with E-state index in [0.29, 0.717) is 0 Å². The van der Waals surface area contributed by atoms with Crippen LogP contribution in [0.4, 0.5) is 11.4 Å². The van der Waals surface area contributed by atoms with Gasteiger partial charge in [-0.3, -0.25) is 20.2 Å². The molecule has 0 spiro atoms. The minimum atomic E-state index is -5.12. The third-order valence-electron chi connectivity index (χ3n) is 2.16. The van der Waals surface area contributed by atoms with Crippen molar-refractivity contribution < 1.29 is 52.1 Å². The number of hydrogen-bond donors (Lipinski definition) is 8. The van der Waals surface area contributed by atoms with Gasteiger partial charge >= 0.3 is 72.5 Å². The minimum absolute atomic E-state index is 0.262. The molecular formula is C12H16As2N2O14. The zero-order valence-corrected chi connectivity index (χ0v) is 18.2. The third-order valence-corrected chi connectivity index (χ3v) is 2.16. The number of phenols is 2. The van der Waals surface area contributed by atoms with Gasteiger partial charge in [-0.15, -0.1) is 0 Å². The van der Waals surface area contributed by atoms with Crippen LogP contribution in [0.5, 0.6) is 11.5 Å². The Kier molecular flexibility index (Phi) is 13.3. The molecule has 0 saturated carbocycles. The zero-order chi connectivity index (χ0) is 24.1. The van der Waals surface area contributed by atoms with Crippen molar-refractivity contribution in [2.24, 2.45) is 0 Å². The number of nitro benzene ring substituents is 2. The second kappa shape index (κ2) is 13.5. The van der Waals surface area contributed by atoms with Gasteiger partial charge in [-0.05, 0) is 12.1 Å². The zero-order valence-electron chi connectivity index (χ0n) is 14.4. The van der Waals surface area contributed by atoms with Gasteiger partial charge in [0.15, 0.2) is 11.5 Å². The summed E-state index contributed by atoms with van der Waals surface area (Å²) in [6.45, 7) is 0. The molecule has 2 aromatic rings. The summed E-state index contributed by atoms with van der Waals surface area (Å²) in [5.41, 5.74) is -0.523. The summed E-state index contributed by atoms with van der Waals surface area (Å²) in [6, 6.07) is 11.1. The Morgan fingerprint density at radius 1 is 0.600 bits per heavy atom. The molecule has 0 radical (unpaired) electrons. The van der Waals surface area contributed by atoms with Crippen LogP contribution in [0.25, 0.3) is 0 Å². The molecule has 8 N–H and O–H groups in total. The molecule has 0 saturated heterocycles. The van der Waals surface area contributed by atoms with E-state index in [4.69, 9.17) is 42.3 Å². The summed E-state index contributed by atoms with van der Waals surface area (Å²) in [6.07, 6.45) is 0. The number of aromatic hydroxyl groups is 2. The van der Waals surface area contributed by atoms with E-state index in [1.165, 1.54) is 48.5 Å². The molecule has 0 aliphatic carbocycles. The molecule has 30 heavy (non-hydrogen) atoms. The summed E-state index contributed by atoms with van der Waals surface area (Å²) < 4.78 is 61.4. The van der Waals surface area contributed by atoms with Gasteiger partial charge in [0.05, 0.1) is 9.85 Å². The van der Waals surface area contributed by atoms with Crippen molar-refractivity contribution in [2.45, 2.75) is 0 Å². The molecule has 0 aliphatic heterocycles. The Hall–Kier alpha value is -2.68. The van der Waals surface area contributed by atoms with Gasteiger partial charge in [0, 0.05) is 12.1 Å². The monoisotopic (exact) mass is 562 g/mol. The number of rotatable bonds is 2. The summed E-state index contributed by atoms with van der Waals surface area (Å²) >= 11 is -10.2. The molecule has 0 unspecified atom stereocenters. The predicted molar refractivity (Wildman–Crippen MR) is 95.7 cm³/mol.